The maximum Gasteiger partial charge on any atom is 0.0951 e. The molecule has 100 valence electrons. The summed E-state index contributed by atoms with van der Waals surface area (Å²) in [7, 11) is 0. The van der Waals surface area contributed by atoms with E-state index in [1.807, 2.05) is 30.3 Å². The smallest absolute Gasteiger partial charge is 0.0951 e. The first kappa shape index (κ1) is 13.0. The lowest BCUT2D eigenvalue weighted by molar-refractivity contribution is 1.40. The van der Waals surface area contributed by atoms with Gasteiger partial charge in [0.05, 0.1) is 26.9 Å². The molecule has 20 heavy (non-hydrogen) atoms. The van der Waals surface area contributed by atoms with E-state index < -0.39 is 0 Å². The monoisotopic (exact) mass is 303 g/mol. The Morgan fingerprint density at radius 1 is 0.950 bits per heavy atom. The molecule has 0 aliphatic carbocycles. The summed E-state index contributed by atoms with van der Waals surface area (Å²) in [5, 5.41) is 5.38. The van der Waals surface area contributed by atoms with Crippen LogP contribution >= 0.6 is 23.2 Å². The van der Waals surface area contributed by atoms with E-state index in [9.17, 15) is 0 Å². The predicted molar refractivity (Wildman–Crippen MR) is 85.9 cm³/mol. The number of rotatable bonds is 2. The van der Waals surface area contributed by atoms with Gasteiger partial charge in [0.1, 0.15) is 0 Å². The fourth-order valence-corrected chi connectivity index (χ4v) is 2.47. The summed E-state index contributed by atoms with van der Waals surface area (Å²) in [5.41, 5.74) is 8.73. The van der Waals surface area contributed by atoms with Crippen molar-refractivity contribution in [3.8, 4) is 0 Å². The van der Waals surface area contributed by atoms with Gasteiger partial charge in [0.25, 0.3) is 0 Å². The Labute approximate surface area is 126 Å². The van der Waals surface area contributed by atoms with Gasteiger partial charge in [-0.05, 0) is 42.5 Å². The standard InChI is InChI=1S/C15H11Cl2N3/c16-11-4-6-14(15-10(11)2-1-7-19-15)20-13-5-3-9(18)8-12(13)17/h1-8,20H,18H2. The minimum absolute atomic E-state index is 0.559. The van der Waals surface area contributed by atoms with Gasteiger partial charge in [0, 0.05) is 17.3 Å². The van der Waals surface area contributed by atoms with Crippen LogP contribution < -0.4 is 11.1 Å². The second kappa shape index (κ2) is 5.19. The van der Waals surface area contributed by atoms with Gasteiger partial charge < -0.3 is 11.1 Å². The average molecular weight is 304 g/mol. The number of hydrogen-bond acceptors (Lipinski definition) is 3. The van der Waals surface area contributed by atoms with E-state index in [1.54, 1.807) is 18.3 Å². The average Bonchev–Trinajstić information content (AvgIpc) is 2.45. The molecule has 3 N–H and O–H groups in total. The molecule has 0 fully saturated rings. The normalized spacial score (nSPS) is 10.7. The molecule has 0 saturated carbocycles. The molecule has 0 amide bonds. The third kappa shape index (κ3) is 2.38. The molecule has 0 saturated heterocycles. The van der Waals surface area contributed by atoms with E-state index in [4.69, 9.17) is 28.9 Å². The van der Waals surface area contributed by atoms with Crippen molar-refractivity contribution >= 4 is 51.2 Å². The lowest BCUT2D eigenvalue weighted by atomic mass is 10.2. The van der Waals surface area contributed by atoms with Crippen molar-refractivity contribution in [3.05, 3.63) is 58.7 Å². The molecule has 3 rings (SSSR count). The van der Waals surface area contributed by atoms with E-state index >= 15 is 0 Å². The zero-order valence-corrected chi connectivity index (χ0v) is 11.9. The molecule has 0 radical (unpaired) electrons. The molecule has 0 aliphatic heterocycles. The van der Waals surface area contributed by atoms with E-state index in [-0.39, 0.29) is 0 Å². The van der Waals surface area contributed by atoms with Gasteiger partial charge in [-0.1, -0.05) is 23.2 Å². The van der Waals surface area contributed by atoms with Gasteiger partial charge in [0.2, 0.25) is 0 Å². The van der Waals surface area contributed by atoms with Crippen molar-refractivity contribution in [2.75, 3.05) is 11.1 Å². The largest absolute Gasteiger partial charge is 0.399 e. The number of fused-ring (bicyclic) bond motifs is 1. The molecular formula is C15H11Cl2N3. The van der Waals surface area contributed by atoms with Crippen LogP contribution in [0.5, 0.6) is 0 Å². The van der Waals surface area contributed by atoms with E-state index in [1.165, 1.54) is 0 Å². The number of nitrogens with zero attached hydrogens (tertiary/aromatic N) is 1. The fraction of sp³-hybridized carbons (Fsp3) is 0. The van der Waals surface area contributed by atoms with Crippen LogP contribution in [0.3, 0.4) is 0 Å². The second-order valence-corrected chi connectivity index (χ2v) is 5.17. The van der Waals surface area contributed by atoms with E-state index in [0.717, 1.165) is 22.3 Å². The van der Waals surface area contributed by atoms with Gasteiger partial charge in [-0.15, -0.1) is 0 Å². The number of pyridine rings is 1. The maximum absolute atomic E-state index is 6.17. The molecule has 3 nitrogen and oxygen atoms in total. The fourth-order valence-electron chi connectivity index (χ4n) is 2.02. The molecule has 0 bridgehead atoms. The highest BCUT2D eigenvalue weighted by molar-refractivity contribution is 6.36. The quantitative estimate of drug-likeness (QED) is 0.664. The summed E-state index contributed by atoms with van der Waals surface area (Å²) in [6.45, 7) is 0. The minimum atomic E-state index is 0.559. The minimum Gasteiger partial charge on any atom is -0.399 e. The third-order valence-corrected chi connectivity index (χ3v) is 3.62. The molecule has 1 heterocycles. The highest BCUT2D eigenvalue weighted by Gasteiger charge is 2.07. The number of anilines is 3. The first-order valence-corrected chi connectivity index (χ1v) is 6.76. The topological polar surface area (TPSA) is 50.9 Å². The van der Waals surface area contributed by atoms with Gasteiger partial charge in [0.15, 0.2) is 0 Å². The van der Waals surface area contributed by atoms with Crippen molar-refractivity contribution < 1.29 is 0 Å². The summed E-state index contributed by atoms with van der Waals surface area (Å²) >= 11 is 12.3. The lowest BCUT2D eigenvalue weighted by Gasteiger charge is -2.11. The van der Waals surface area contributed by atoms with Crippen LogP contribution in [0.4, 0.5) is 17.1 Å². The molecule has 0 aliphatic rings. The molecule has 1 aromatic heterocycles. The number of nitrogens with one attached hydrogen (secondary N) is 1. The summed E-state index contributed by atoms with van der Waals surface area (Å²) in [5.74, 6) is 0. The maximum atomic E-state index is 6.17. The number of nitrogen functional groups attached to an aromatic ring is 1. The number of halogens is 2. The van der Waals surface area contributed by atoms with Crippen LogP contribution in [0.15, 0.2) is 48.7 Å². The van der Waals surface area contributed by atoms with Gasteiger partial charge in [-0.25, -0.2) is 0 Å². The molecule has 2 aromatic carbocycles. The predicted octanol–water partition coefficient (Wildman–Crippen LogP) is 4.87. The van der Waals surface area contributed by atoms with Crippen molar-refractivity contribution in [1.29, 1.82) is 0 Å². The zero-order chi connectivity index (χ0) is 14.1. The van der Waals surface area contributed by atoms with E-state index in [0.29, 0.717) is 15.7 Å². The number of hydrogen-bond donors (Lipinski definition) is 2. The van der Waals surface area contributed by atoms with E-state index in [2.05, 4.69) is 10.3 Å². The van der Waals surface area contributed by atoms with Gasteiger partial charge in [-0.3, -0.25) is 4.98 Å². The molecular weight excluding hydrogens is 293 g/mol. The molecule has 0 atom stereocenters. The SMILES string of the molecule is Nc1ccc(Nc2ccc(Cl)c3cccnc23)c(Cl)c1. The van der Waals surface area contributed by atoms with Crippen LogP contribution in [0, 0.1) is 0 Å². The van der Waals surface area contributed by atoms with Crippen LogP contribution in [-0.2, 0) is 0 Å². The Balaban J connectivity index is 2.09. The number of nitrogens with two attached hydrogens (primary N) is 1. The van der Waals surface area contributed by atoms with Crippen molar-refractivity contribution in [1.82, 2.24) is 4.98 Å². The van der Waals surface area contributed by atoms with Crippen LogP contribution in [-0.4, -0.2) is 4.98 Å². The number of aromatic nitrogens is 1. The zero-order valence-electron chi connectivity index (χ0n) is 10.4. The Hall–Kier alpha value is -1.97. The van der Waals surface area contributed by atoms with Crippen LogP contribution in [0.2, 0.25) is 10.0 Å². The molecule has 0 spiro atoms. The summed E-state index contributed by atoms with van der Waals surface area (Å²) in [6.07, 6.45) is 1.73. The molecule has 3 aromatic rings. The third-order valence-electron chi connectivity index (χ3n) is 2.98. The summed E-state index contributed by atoms with van der Waals surface area (Å²) < 4.78 is 0. The van der Waals surface area contributed by atoms with Crippen LogP contribution in [0.25, 0.3) is 10.9 Å². The first-order chi connectivity index (χ1) is 9.65. The van der Waals surface area contributed by atoms with Gasteiger partial charge >= 0.3 is 0 Å². The first-order valence-electron chi connectivity index (χ1n) is 6.00. The molecule has 0 unspecified atom stereocenters. The van der Waals surface area contributed by atoms with Crippen LogP contribution in [0.1, 0.15) is 0 Å². The Morgan fingerprint density at radius 3 is 2.55 bits per heavy atom. The second-order valence-electron chi connectivity index (χ2n) is 4.36. The Bertz CT molecular complexity index is 787. The number of benzene rings is 2. The highest BCUT2D eigenvalue weighted by atomic mass is 35.5. The van der Waals surface area contributed by atoms with Crippen molar-refractivity contribution in [2.45, 2.75) is 0 Å². The Kier molecular flexibility index (Phi) is 3.38. The summed E-state index contributed by atoms with van der Waals surface area (Å²) in [4.78, 5) is 4.37. The Morgan fingerprint density at radius 2 is 1.75 bits per heavy atom. The van der Waals surface area contributed by atoms with Crippen molar-refractivity contribution in [2.24, 2.45) is 0 Å². The highest BCUT2D eigenvalue weighted by Crippen LogP contribution is 2.32. The van der Waals surface area contributed by atoms with Gasteiger partial charge in [-0.2, -0.15) is 0 Å². The molecule has 5 heteroatoms. The van der Waals surface area contributed by atoms with Crippen molar-refractivity contribution in [3.63, 3.8) is 0 Å². The summed E-state index contributed by atoms with van der Waals surface area (Å²) in [6, 6.07) is 12.8. The lowest BCUT2D eigenvalue weighted by Crippen LogP contribution is -1.95.